The molecule has 0 spiro atoms. The molecule has 0 aliphatic heterocycles. The normalized spacial score (nSPS) is 13.3. The second-order valence-electron chi connectivity index (χ2n) is 4.57. The minimum absolute atomic E-state index is 0.122. The van der Waals surface area contributed by atoms with Gasteiger partial charge in [0.25, 0.3) is 0 Å². The van der Waals surface area contributed by atoms with Gasteiger partial charge in [-0.1, -0.05) is 6.07 Å². The number of aliphatic hydroxyl groups is 1. The number of hydrogen-bond acceptors (Lipinski definition) is 5. The van der Waals surface area contributed by atoms with E-state index in [-0.39, 0.29) is 16.8 Å². The number of rotatable bonds is 3. The molecule has 1 N–H and O–H groups in total. The lowest BCUT2D eigenvalue weighted by atomic mass is 9.92. The first-order chi connectivity index (χ1) is 9.86. The second-order valence-corrected chi connectivity index (χ2v) is 4.57. The minimum Gasteiger partial charge on any atom is -0.379 e. The van der Waals surface area contributed by atoms with Gasteiger partial charge in [-0.25, -0.2) is 14.2 Å². The van der Waals surface area contributed by atoms with Gasteiger partial charge in [-0.05, 0) is 24.6 Å². The Kier molecular flexibility index (Phi) is 3.74. The van der Waals surface area contributed by atoms with Crippen molar-refractivity contribution in [3.63, 3.8) is 0 Å². The molecule has 6 nitrogen and oxygen atoms in total. The molecule has 0 amide bonds. The maximum Gasteiger partial charge on any atom is 0.329 e. The van der Waals surface area contributed by atoms with Crippen molar-refractivity contribution in [1.82, 2.24) is 9.71 Å². The lowest BCUT2D eigenvalue weighted by Crippen LogP contribution is -2.30. The van der Waals surface area contributed by atoms with Crippen LogP contribution in [0.4, 0.5) is 4.39 Å². The van der Waals surface area contributed by atoms with Crippen LogP contribution in [-0.2, 0) is 10.4 Å². The number of halogens is 1. The summed E-state index contributed by atoms with van der Waals surface area (Å²) in [5.74, 6) is -1.33. The SMILES string of the molecule is CC(=O)On1cncc1C(C)(O)c1ccc(C#N)c(F)c1. The van der Waals surface area contributed by atoms with Crippen molar-refractivity contribution >= 4 is 5.97 Å². The predicted molar refractivity (Wildman–Crippen MR) is 69.3 cm³/mol. The standard InChI is InChI=1S/C14H12FN3O3/c1-9(19)21-18-8-17-7-13(18)14(2,20)11-4-3-10(6-16)12(15)5-11/h3-5,7-8,20H,1-2H3. The third-order valence-electron chi connectivity index (χ3n) is 2.98. The molecule has 0 saturated heterocycles. The van der Waals surface area contributed by atoms with Crippen LogP contribution in [0.2, 0.25) is 0 Å². The fourth-order valence-corrected chi connectivity index (χ4v) is 1.89. The van der Waals surface area contributed by atoms with E-state index in [0.29, 0.717) is 0 Å². The molecule has 1 aromatic heterocycles. The molecule has 2 rings (SSSR count). The Morgan fingerprint density at radius 3 is 2.86 bits per heavy atom. The topological polar surface area (TPSA) is 88.1 Å². The average Bonchev–Trinajstić information content (AvgIpc) is 2.86. The Morgan fingerprint density at radius 1 is 1.57 bits per heavy atom. The van der Waals surface area contributed by atoms with Crippen molar-refractivity contribution in [2.75, 3.05) is 0 Å². The molecule has 7 heteroatoms. The molecule has 0 bridgehead atoms. The summed E-state index contributed by atoms with van der Waals surface area (Å²) in [6.07, 6.45) is 2.52. The number of nitriles is 1. The first-order valence-electron chi connectivity index (χ1n) is 6.00. The van der Waals surface area contributed by atoms with E-state index in [9.17, 15) is 14.3 Å². The first-order valence-corrected chi connectivity index (χ1v) is 6.00. The highest BCUT2D eigenvalue weighted by Crippen LogP contribution is 2.29. The molecule has 1 aromatic carbocycles. The summed E-state index contributed by atoms with van der Waals surface area (Å²) in [6, 6.07) is 5.45. The molecular weight excluding hydrogens is 277 g/mol. The van der Waals surface area contributed by atoms with Crippen LogP contribution in [-0.4, -0.2) is 20.8 Å². The van der Waals surface area contributed by atoms with Gasteiger partial charge in [0.15, 0.2) is 0 Å². The van der Waals surface area contributed by atoms with E-state index in [1.54, 1.807) is 6.07 Å². The summed E-state index contributed by atoms with van der Waals surface area (Å²) in [7, 11) is 0. The summed E-state index contributed by atoms with van der Waals surface area (Å²) in [6.45, 7) is 2.62. The average molecular weight is 289 g/mol. The molecule has 1 unspecified atom stereocenters. The van der Waals surface area contributed by atoms with Gasteiger partial charge < -0.3 is 9.94 Å². The fourth-order valence-electron chi connectivity index (χ4n) is 1.89. The van der Waals surface area contributed by atoms with Gasteiger partial charge in [0, 0.05) is 6.92 Å². The summed E-state index contributed by atoms with van der Waals surface area (Å²) in [5.41, 5.74) is -1.42. The first kappa shape index (κ1) is 14.7. The van der Waals surface area contributed by atoms with Gasteiger partial charge in [-0.3, -0.25) is 0 Å². The molecule has 1 heterocycles. The van der Waals surface area contributed by atoms with Crippen molar-refractivity contribution in [2.24, 2.45) is 0 Å². The van der Waals surface area contributed by atoms with Crippen molar-refractivity contribution in [3.05, 3.63) is 53.4 Å². The number of nitrogens with zero attached hydrogens (tertiary/aromatic N) is 3. The van der Waals surface area contributed by atoms with Gasteiger partial charge >= 0.3 is 5.97 Å². The lowest BCUT2D eigenvalue weighted by molar-refractivity contribution is -0.142. The van der Waals surface area contributed by atoms with Crippen molar-refractivity contribution in [1.29, 1.82) is 5.26 Å². The van der Waals surface area contributed by atoms with Crippen LogP contribution in [0, 0.1) is 17.1 Å². The minimum atomic E-state index is -1.65. The largest absolute Gasteiger partial charge is 0.379 e. The lowest BCUT2D eigenvalue weighted by Gasteiger charge is -2.24. The molecule has 21 heavy (non-hydrogen) atoms. The second kappa shape index (κ2) is 5.34. The highest BCUT2D eigenvalue weighted by molar-refractivity contribution is 5.66. The molecule has 0 aliphatic carbocycles. The maximum atomic E-state index is 13.7. The maximum absolute atomic E-state index is 13.7. The summed E-state index contributed by atoms with van der Waals surface area (Å²) < 4.78 is 14.7. The number of aromatic nitrogens is 2. The molecule has 108 valence electrons. The van der Waals surface area contributed by atoms with Crippen LogP contribution < -0.4 is 4.84 Å². The predicted octanol–water partition coefficient (Wildman–Crippen LogP) is 1.12. The summed E-state index contributed by atoms with van der Waals surface area (Å²) in [4.78, 5) is 19.7. The van der Waals surface area contributed by atoms with E-state index in [4.69, 9.17) is 10.1 Å². The Labute approximate surface area is 120 Å². The van der Waals surface area contributed by atoms with Crippen LogP contribution in [0.15, 0.2) is 30.7 Å². The zero-order valence-corrected chi connectivity index (χ0v) is 11.4. The van der Waals surface area contributed by atoms with Crippen LogP contribution in [0.5, 0.6) is 0 Å². The number of carbonyl (C=O) groups is 1. The number of imidazole rings is 1. The number of hydrogen-bond donors (Lipinski definition) is 1. The fraction of sp³-hybridized carbons (Fsp3) is 0.214. The number of carbonyl (C=O) groups excluding carboxylic acids is 1. The molecular formula is C14H12FN3O3. The van der Waals surface area contributed by atoms with Gasteiger partial charge in [0.05, 0.1) is 11.8 Å². The van der Waals surface area contributed by atoms with Gasteiger partial charge in [0.1, 0.15) is 29.5 Å². The van der Waals surface area contributed by atoms with Gasteiger partial charge in [0.2, 0.25) is 0 Å². The van der Waals surface area contributed by atoms with Crippen LogP contribution in [0.25, 0.3) is 0 Å². The number of benzene rings is 1. The zero-order chi connectivity index (χ0) is 15.6. The smallest absolute Gasteiger partial charge is 0.329 e. The molecule has 0 fully saturated rings. The van der Waals surface area contributed by atoms with E-state index in [1.165, 1.54) is 38.5 Å². The summed E-state index contributed by atoms with van der Waals surface area (Å²) in [5, 5.41) is 19.3. The van der Waals surface area contributed by atoms with E-state index in [1.807, 2.05) is 0 Å². The highest BCUT2D eigenvalue weighted by Gasteiger charge is 2.31. The monoisotopic (exact) mass is 289 g/mol. The van der Waals surface area contributed by atoms with E-state index in [0.717, 1.165) is 10.8 Å². The molecule has 1 atom stereocenters. The van der Waals surface area contributed by atoms with Crippen LogP contribution in [0.3, 0.4) is 0 Å². The Bertz CT molecular complexity index is 731. The Hall–Kier alpha value is -2.72. The molecule has 0 saturated carbocycles. The van der Waals surface area contributed by atoms with Crippen molar-refractivity contribution in [3.8, 4) is 6.07 Å². The van der Waals surface area contributed by atoms with E-state index in [2.05, 4.69) is 4.98 Å². The molecule has 2 aromatic rings. The molecule has 0 aliphatic rings. The van der Waals surface area contributed by atoms with Crippen molar-refractivity contribution in [2.45, 2.75) is 19.4 Å². The summed E-state index contributed by atoms with van der Waals surface area (Å²) >= 11 is 0. The van der Waals surface area contributed by atoms with E-state index >= 15 is 0 Å². The third kappa shape index (κ3) is 2.75. The zero-order valence-electron chi connectivity index (χ0n) is 11.4. The van der Waals surface area contributed by atoms with Crippen LogP contribution >= 0.6 is 0 Å². The Balaban J connectivity index is 2.47. The van der Waals surface area contributed by atoms with Gasteiger partial charge in [-0.15, -0.1) is 0 Å². The molecule has 0 radical (unpaired) electrons. The highest BCUT2D eigenvalue weighted by atomic mass is 19.1. The van der Waals surface area contributed by atoms with Gasteiger partial charge in [-0.2, -0.15) is 9.99 Å². The van der Waals surface area contributed by atoms with Crippen LogP contribution in [0.1, 0.15) is 30.7 Å². The third-order valence-corrected chi connectivity index (χ3v) is 2.98. The quantitative estimate of drug-likeness (QED) is 0.915. The van der Waals surface area contributed by atoms with E-state index < -0.39 is 17.4 Å². The Morgan fingerprint density at radius 2 is 2.29 bits per heavy atom. The van der Waals surface area contributed by atoms with Crippen molar-refractivity contribution < 1.29 is 19.1 Å².